The topological polar surface area (TPSA) is 53.1 Å². The predicted octanol–water partition coefficient (Wildman–Crippen LogP) is 2.77. The number of hydrogen-bond acceptors (Lipinski definition) is 3. The van der Waals surface area contributed by atoms with Crippen molar-refractivity contribution in [3.8, 4) is 0 Å². The second-order valence-electron chi connectivity index (χ2n) is 5.05. The molecule has 0 fully saturated rings. The van der Waals surface area contributed by atoms with Crippen LogP contribution in [0.3, 0.4) is 0 Å². The highest BCUT2D eigenvalue weighted by Crippen LogP contribution is 2.29. The van der Waals surface area contributed by atoms with Crippen molar-refractivity contribution in [1.82, 2.24) is 9.55 Å². The highest BCUT2D eigenvalue weighted by Gasteiger charge is 2.21. The highest BCUT2D eigenvalue weighted by atomic mass is 16.5. The Hall–Kier alpha value is -1.55. The van der Waals surface area contributed by atoms with Gasteiger partial charge in [0.25, 0.3) is 0 Å². The molecular formula is C14H21N3O. The molecule has 2 aromatic rings. The van der Waals surface area contributed by atoms with E-state index in [1.54, 1.807) is 7.11 Å². The molecular weight excluding hydrogens is 226 g/mol. The quantitative estimate of drug-likeness (QED) is 0.903. The van der Waals surface area contributed by atoms with Crippen LogP contribution in [0.1, 0.15) is 25.5 Å². The van der Waals surface area contributed by atoms with Gasteiger partial charge in [0.1, 0.15) is 0 Å². The molecule has 1 aromatic heterocycles. The second kappa shape index (κ2) is 4.98. The van der Waals surface area contributed by atoms with Crippen LogP contribution in [-0.4, -0.2) is 23.3 Å². The number of nitrogens with zero attached hydrogens (tertiary/aromatic N) is 2. The molecule has 4 heteroatoms. The van der Waals surface area contributed by atoms with Crippen molar-refractivity contribution < 1.29 is 4.74 Å². The molecule has 0 saturated heterocycles. The van der Waals surface area contributed by atoms with Crippen molar-refractivity contribution in [3.63, 3.8) is 0 Å². The minimum atomic E-state index is 0.209. The molecule has 0 saturated carbocycles. The SMILES string of the molecule is COCC(C(C)C)n1c(N)nc2cccc(C)c21. The number of anilines is 1. The number of ether oxygens (including phenoxy) is 1. The lowest BCUT2D eigenvalue weighted by atomic mass is 10.0. The third kappa shape index (κ3) is 2.08. The minimum Gasteiger partial charge on any atom is -0.383 e. The Morgan fingerprint density at radius 3 is 2.72 bits per heavy atom. The summed E-state index contributed by atoms with van der Waals surface area (Å²) in [6.45, 7) is 7.08. The molecule has 1 unspecified atom stereocenters. The zero-order valence-electron chi connectivity index (χ0n) is 11.5. The molecule has 98 valence electrons. The molecule has 1 aromatic carbocycles. The van der Waals surface area contributed by atoms with Crippen LogP contribution in [-0.2, 0) is 4.74 Å². The van der Waals surface area contributed by atoms with Crippen molar-refractivity contribution in [2.75, 3.05) is 19.5 Å². The summed E-state index contributed by atoms with van der Waals surface area (Å²) < 4.78 is 7.44. The first-order valence-corrected chi connectivity index (χ1v) is 6.28. The molecule has 0 aliphatic carbocycles. The number of imidazole rings is 1. The Labute approximate surface area is 108 Å². The molecule has 2 rings (SSSR count). The second-order valence-corrected chi connectivity index (χ2v) is 5.05. The molecule has 1 atom stereocenters. The van der Waals surface area contributed by atoms with Crippen LogP contribution < -0.4 is 5.73 Å². The van der Waals surface area contributed by atoms with Crippen LogP contribution >= 0.6 is 0 Å². The van der Waals surface area contributed by atoms with Gasteiger partial charge in [0.05, 0.1) is 23.7 Å². The third-order valence-corrected chi connectivity index (χ3v) is 3.38. The van der Waals surface area contributed by atoms with Gasteiger partial charge in [0, 0.05) is 7.11 Å². The first-order valence-electron chi connectivity index (χ1n) is 6.28. The van der Waals surface area contributed by atoms with Gasteiger partial charge in [-0.05, 0) is 24.5 Å². The fourth-order valence-electron chi connectivity index (χ4n) is 2.41. The van der Waals surface area contributed by atoms with Crippen molar-refractivity contribution >= 4 is 17.0 Å². The van der Waals surface area contributed by atoms with Crippen molar-refractivity contribution in [2.24, 2.45) is 5.92 Å². The van der Waals surface area contributed by atoms with Crippen LogP contribution in [0.15, 0.2) is 18.2 Å². The number of aryl methyl sites for hydroxylation is 1. The van der Waals surface area contributed by atoms with Gasteiger partial charge in [-0.25, -0.2) is 4.98 Å². The van der Waals surface area contributed by atoms with Gasteiger partial charge < -0.3 is 15.0 Å². The number of hydrogen-bond donors (Lipinski definition) is 1. The smallest absolute Gasteiger partial charge is 0.201 e. The van der Waals surface area contributed by atoms with E-state index in [9.17, 15) is 0 Å². The number of rotatable bonds is 4. The summed E-state index contributed by atoms with van der Waals surface area (Å²) >= 11 is 0. The lowest BCUT2D eigenvalue weighted by molar-refractivity contribution is 0.136. The molecule has 0 amide bonds. The number of para-hydroxylation sites is 1. The monoisotopic (exact) mass is 247 g/mol. The average molecular weight is 247 g/mol. The van der Waals surface area contributed by atoms with Crippen LogP contribution in [0, 0.1) is 12.8 Å². The van der Waals surface area contributed by atoms with E-state index in [1.807, 2.05) is 12.1 Å². The lowest BCUT2D eigenvalue weighted by Gasteiger charge is -2.24. The van der Waals surface area contributed by atoms with Gasteiger partial charge >= 0.3 is 0 Å². The summed E-state index contributed by atoms with van der Waals surface area (Å²) in [6.07, 6.45) is 0. The Morgan fingerprint density at radius 1 is 1.39 bits per heavy atom. The lowest BCUT2D eigenvalue weighted by Crippen LogP contribution is -2.22. The molecule has 0 bridgehead atoms. The molecule has 0 aliphatic rings. The zero-order valence-corrected chi connectivity index (χ0v) is 11.5. The predicted molar refractivity (Wildman–Crippen MR) is 74.6 cm³/mol. The first-order chi connectivity index (χ1) is 8.56. The standard InChI is InChI=1S/C14H21N3O/c1-9(2)12(8-18-4)17-13-10(3)6-5-7-11(13)16-14(17)15/h5-7,9,12H,8H2,1-4H3,(H2,15,16). The largest absolute Gasteiger partial charge is 0.383 e. The third-order valence-electron chi connectivity index (χ3n) is 3.38. The van der Waals surface area contributed by atoms with Crippen LogP contribution in [0.2, 0.25) is 0 Å². The van der Waals surface area contributed by atoms with Gasteiger partial charge in [0.2, 0.25) is 5.95 Å². The summed E-state index contributed by atoms with van der Waals surface area (Å²) in [5, 5.41) is 0. The van der Waals surface area contributed by atoms with E-state index in [-0.39, 0.29) is 6.04 Å². The molecule has 18 heavy (non-hydrogen) atoms. The number of nitrogen functional groups attached to an aromatic ring is 1. The van der Waals surface area contributed by atoms with E-state index in [1.165, 1.54) is 5.56 Å². The minimum absolute atomic E-state index is 0.209. The van der Waals surface area contributed by atoms with Gasteiger partial charge in [-0.2, -0.15) is 0 Å². The van der Waals surface area contributed by atoms with Crippen molar-refractivity contribution in [3.05, 3.63) is 23.8 Å². The summed E-state index contributed by atoms with van der Waals surface area (Å²) in [7, 11) is 1.72. The van der Waals surface area contributed by atoms with Gasteiger partial charge in [-0.15, -0.1) is 0 Å². The molecule has 4 nitrogen and oxygen atoms in total. The highest BCUT2D eigenvalue weighted by molar-refractivity contribution is 5.81. The summed E-state index contributed by atoms with van der Waals surface area (Å²) in [4.78, 5) is 4.44. The van der Waals surface area contributed by atoms with Crippen LogP contribution in [0.25, 0.3) is 11.0 Å². The maximum atomic E-state index is 6.09. The van der Waals surface area contributed by atoms with Crippen LogP contribution in [0.4, 0.5) is 5.95 Å². The number of nitrogens with two attached hydrogens (primary N) is 1. The average Bonchev–Trinajstić information content (AvgIpc) is 2.63. The molecule has 0 aliphatic heterocycles. The molecule has 0 spiro atoms. The molecule has 2 N–H and O–H groups in total. The normalized spacial score (nSPS) is 13.4. The Bertz CT molecular complexity index is 545. The Balaban J connectivity index is 2.64. The number of methoxy groups -OCH3 is 1. The van der Waals surface area contributed by atoms with Crippen molar-refractivity contribution in [1.29, 1.82) is 0 Å². The molecule has 0 radical (unpaired) electrons. The number of fused-ring (bicyclic) bond motifs is 1. The van der Waals surface area contributed by atoms with Gasteiger partial charge in [-0.1, -0.05) is 26.0 Å². The summed E-state index contributed by atoms with van der Waals surface area (Å²) in [6, 6.07) is 6.31. The van der Waals surface area contributed by atoms with Crippen molar-refractivity contribution in [2.45, 2.75) is 26.8 Å². The fraction of sp³-hybridized carbons (Fsp3) is 0.500. The zero-order chi connectivity index (χ0) is 13.3. The van der Waals surface area contributed by atoms with E-state index < -0.39 is 0 Å². The van der Waals surface area contributed by atoms with Gasteiger partial charge in [0.15, 0.2) is 0 Å². The molecule has 1 heterocycles. The summed E-state index contributed by atoms with van der Waals surface area (Å²) in [5.74, 6) is 0.999. The van der Waals surface area contributed by atoms with E-state index in [0.29, 0.717) is 18.5 Å². The number of benzene rings is 1. The van der Waals surface area contributed by atoms with E-state index in [2.05, 4.69) is 36.4 Å². The van der Waals surface area contributed by atoms with E-state index >= 15 is 0 Å². The summed E-state index contributed by atoms with van der Waals surface area (Å²) in [5.41, 5.74) is 9.35. The fourth-order valence-corrected chi connectivity index (χ4v) is 2.41. The van der Waals surface area contributed by atoms with Crippen LogP contribution in [0.5, 0.6) is 0 Å². The van der Waals surface area contributed by atoms with E-state index in [0.717, 1.165) is 11.0 Å². The maximum absolute atomic E-state index is 6.09. The first kappa shape index (κ1) is 12.9. The Kier molecular flexibility index (Phi) is 3.57. The maximum Gasteiger partial charge on any atom is 0.201 e. The number of aromatic nitrogens is 2. The van der Waals surface area contributed by atoms with Gasteiger partial charge in [-0.3, -0.25) is 0 Å². The van der Waals surface area contributed by atoms with E-state index in [4.69, 9.17) is 10.5 Å². The Morgan fingerprint density at radius 2 is 2.11 bits per heavy atom.